The molecule has 2 aromatic rings. The molecule has 1 saturated carbocycles. The molecular weight excluding hydrogens is 258 g/mol. The van der Waals surface area contributed by atoms with Crippen molar-refractivity contribution in [2.24, 2.45) is 11.8 Å². The molecule has 1 aliphatic carbocycles. The highest BCUT2D eigenvalue weighted by Crippen LogP contribution is 2.31. The molecule has 112 valence electrons. The van der Waals surface area contributed by atoms with E-state index in [1.165, 1.54) is 32.1 Å². The van der Waals surface area contributed by atoms with Gasteiger partial charge in [-0.2, -0.15) is 0 Å². The van der Waals surface area contributed by atoms with Crippen molar-refractivity contribution in [3.63, 3.8) is 0 Å². The lowest BCUT2D eigenvalue weighted by Gasteiger charge is -2.26. The van der Waals surface area contributed by atoms with Crippen LogP contribution >= 0.6 is 0 Å². The van der Waals surface area contributed by atoms with Gasteiger partial charge in [0.1, 0.15) is 0 Å². The summed E-state index contributed by atoms with van der Waals surface area (Å²) in [5, 5.41) is 4.70. The SMILES string of the molecule is CC1CCC(CCNc2ccc(N)c3ncccc23)CC1. The number of anilines is 2. The number of aromatic nitrogens is 1. The number of fused-ring (bicyclic) bond motifs is 1. The Morgan fingerprint density at radius 3 is 2.81 bits per heavy atom. The van der Waals surface area contributed by atoms with Crippen molar-refractivity contribution in [1.29, 1.82) is 0 Å². The Morgan fingerprint density at radius 1 is 1.19 bits per heavy atom. The van der Waals surface area contributed by atoms with E-state index in [1.807, 2.05) is 12.1 Å². The quantitative estimate of drug-likeness (QED) is 0.815. The fraction of sp³-hybridized carbons (Fsp3) is 0.500. The Morgan fingerprint density at radius 2 is 2.00 bits per heavy atom. The van der Waals surface area contributed by atoms with Crippen LogP contribution in [0.3, 0.4) is 0 Å². The van der Waals surface area contributed by atoms with Crippen molar-refractivity contribution in [3.05, 3.63) is 30.5 Å². The van der Waals surface area contributed by atoms with Crippen molar-refractivity contribution in [1.82, 2.24) is 4.98 Å². The average molecular weight is 283 g/mol. The van der Waals surface area contributed by atoms with Gasteiger partial charge in [-0.1, -0.05) is 32.6 Å². The number of hydrogen-bond acceptors (Lipinski definition) is 3. The summed E-state index contributed by atoms with van der Waals surface area (Å²) in [5.41, 5.74) is 8.79. The van der Waals surface area contributed by atoms with Gasteiger partial charge in [0, 0.05) is 23.8 Å². The number of nitrogens with two attached hydrogens (primary N) is 1. The molecule has 0 amide bonds. The average Bonchev–Trinajstić information content (AvgIpc) is 2.52. The summed E-state index contributed by atoms with van der Waals surface area (Å²) in [6, 6.07) is 8.07. The molecule has 0 unspecified atom stereocenters. The number of nitrogens with one attached hydrogen (secondary N) is 1. The molecule has 1 heterocycles. The van der Waals surface area contributed by atoms with E-state index in [1.54, 1.807) is 6.20 Å². The zero-order chi connectivity index (χ0) is 14.7. The Hall–Kier alpha value is -1.77. The Balaban J connectivity index is 1.62. The highest BCUT2D eigenvalue weighted by molar-refractivity contribution is 5.98. The van der Waals surface area contributed by atoms with Crippen LogP contribution in [0, 0.1) is 11.8 Å². The molecule has 21 heavy (non-hydrogen) atoms. The van der Waals surface area contributed by atoms with Crippen LogP contribution < -0.4 is 11.1 Å². The van der Waals surface area contributed by atoms with Crippen molar-refractivity contribution in [2.45, 2.75) is 39.0 Å². The van der Waals surface area contributed by atoms with Gasteiger partial charge in [-0.15, -0.1) is 0 Å². The van der Waals surface area contributed by atoms with Gasteiger partial charge in [0.15, 0.2) is 0 Å². The van der Waals surface area contributed by atoms with Gasteiger partial charge in [-0.25, -0.2) is 0 Å². The van der Waals surface area contributed by atoms with Gasteiger partial charge < -0.3 is 11.1 Å². The predicted molar refractivity (Wildman–Crippen MR) is 90.4 cm³/mol. The fourth-order valence-electron chi connectivity index (χ4n) is 3.38. The predicted octanol–water partition coefficient (Wildman–Crippen LogP) is 4.45. The lowest BCUT2D eigenvalue weighted by atomic mass is 9.81. The number of hydrogen-bond donors (Lipinski definition) is 2. The van der Waals surface area contributed by atoms with E-state index in [0.29, 0.717) is 0 Å². The minimum atomic E-state index is 0.748. The second-order valence-electron chi connectivity index (χ2n) is 6.44. The molecule has 3 heteroatoms. The van der Waals surface area contributed by atoms with Gasteiger partial charge in [-0.05, 0) is 42.5 Å². The number of benzene rings is 1. The Bertz CT molecular complexity index is 600. The van der Waals surface area contributed by atoms with E-state index in [9.17, 15) is 0 Å². The largest absolute Gasteiger partial charge is 0.397 e. The van der Waals surface area contributed by atoms with Gasteiger partial charge >= 0.3 is 0 Å². The third-order valence-corrected chi connectivity index (χ3v) is 4.80. The van der Waals surface area contributed by atoms with E-state index in [2.05, 4.69) is 29.4 Å². The van der Waals surface area contributed by atoms with Crippen molar-refractivity contribution >= 4 is 22.3 Å². The zero-order valence-corrected chi connectivity index (χ0v) is 12.8. The van der Waals surface area contributed by atoms with Gasteiger partial charge in [0.25, 0.3) is 0 Å². The lowest BCUT2D eigenvalue weighted by molar-refractivity contribution is 0.282. The van der Waals surface area contributed by atoms with Crippen LogP contribution in [0.25, 0.3) is 10.9 Å². The minimum absolute atomic E-state index is 0.748. The van der Waals surface area contributed by atoms with E-state index < -0.39 is 0 Å². The first-order valence-corrected chi connectivity index (χ1v) is 8.11. The third kappa shape index (κ3) is 3.29. The molecule has 0 bridgehead atoms. The van der Waals surface area contributed by atoms with E-state index in [-0.39, 0.29) is 0 Å². The molecule has 1 fully saturated rings. The Kier molecular flexibility index (Phi) is 4.28. The highest BCUT2D eigenvalue weighted by Gasteiger charge is 2.17. The van der Waals surface area contributed by atoms with E-state index in [4.69, 9.17) is 5.73 Å². The molecule has 0 radical (unpaired) electrons. The first-order valence-electron chi connectivity index (χ1n) is 8.11. The molecule has 1 aromatic heterocycles. The smallest absolute Gasteiger partial charge is 0.0951 e. The van der Waals surface area contributed by atoms with Crippen molar-refractivity contribution in [2.75, 3.05) is 17.6 Å². The molecule has 3 rings (SSSR count). The first-order chi connectivity index (χ1) is 10.2. The molecule has 0 atom stereocenters. The molecule has 3 N–H and O–H groups in total. The van der Waals surface area contributed by atoms with Crippen molar-refractivity contribution in [3.8, 4) is 0 Å². The molecule has 0 saturated heterocycles. The first kappa shape index (κ1) is 14.2. The summed E-state index contributed by atoms with van der Waals surface area (Å²) >= 11 is 0. The van der Waals surface area contributed by atoms with Gasteiger partial charge in [0.2, 0.25) is 0 Å². The third-order valence-electron chi connectivity index (χ3n) is 4.80. The maximum Gasteiger partial charge on any atom is 0.0951 e. The summed E-state index contributed by atoms with van der Waals surface area (Å²) in [6.45, 7) is 3.41. The monoisotopic (exact) mass is 283 g/mol. The minimum Gasteiger partial charge on any atom is -0.397 e. The number of nitrogens with zero attached hydrogens (tertiary/aromatic N) is 1. The number of pyridine rings is 1. The van der Waals surface area contributed by atoms with Crippen LogP contribution in [-0.2, 0) is 0 Å². The molecule has 0 aliphatic heterocycles. The van der Waals surface area contributed by atoms with Crippen LogP contribution in [-0.4, -0.2) is 11.5 Å². The standard InChI is InChI=1S/C18H25N3/c1-13-4-6-14(7-5-13)10-12-20-17-9-8-16(19)18-15(17)3-2-11-21-18/h2-3,8-9,11,13-14,20H,4-7,10,12,19H2,1H3. The summed E-state index contributed by atoms with van der Waals surface area (Å²) in [4.78, 5) is 4.38. The molecule has 1 aliphatic rings. The zero-order valence-electron chi connectivity index (χ0n) is 12.8. The highest BCUT2D eigenvalue weighted by atomic mass is 14.9. The van der Waals surface area contributed by atoms with Gasteiger partial charge in [0.05, 0.1) is 11.2 Å². The van der Waals surface area contributed by atoms with Gasteiger partial charge in [-0.3, -0.25) is 4.98 Å². The van der Waals surface area contributed by atoms with E-state index in [0.717, 1.165) is 40.7 Å². The Labute approximate surface area is 127 Å². The molecule has 3 nitrogen and oxygen atoms in total. The maximum absolute atomic E-state index is 5.99. The number of nitrogen functional groups attached to an aromatic ring is 1. The topological polar surface area (TPSA) is 50.9 Å². The van der Waals surface area contributed by atoms with E-state index >= 15 is 0 Å². The van der Waals surface area contributed by atoms with Crippen molar-refractivity contribution < 1.29 is 0 Å². The van der Waals surface area contributed by atoms with Crippen LogP contribution in [0.5, 0.6) is 0 Å². The maximum atomic E-state index is 5.99. The van der Waals surface area contributed by atoms with Crippen LogP contribution in [0.4, 0.5) is 11.4 Å². The number of rotatable bonds is 4. The fourth-order valence-corrected chi connectivity index (χ4v) is 3.38. The second-order valence-corrected chi connectivity index (χ2v) is 6.44. The van der Waals surface area contributed by atoms with Crippen LogP contribution in [0.2, 0.25) is 0 Å². The summed E-state index contributed by atoms with van der Waals surface area (Å²) < 4.78 is 0. The second kappa shape index (κ2) is 6.33. The molecule has 0 spiro atoms. The normalized spacial score (nSPS) is 22.3. The molecular formula is C18H25N3. The summed E-state index contributed by atoms with van der Waals surface area (Å²) in [7, 11) is 0. The summed E-state index contributed by atoms with van der Waals surface area (Å²) in [6.07, 6.45) is 8.66. The van der Waals surface area contributed by atoms with Crippen LogP contribution in [0.1, 0.15) is 39.0 Å². The molecule has 1 aromatic carbocycles. The van der Waals surface area contributed by atoms with Crippen LogP contribution in [0.15, 0.2) is 30.5 Å². The summed E-state index contributed by atoms with van der Waals surface area (Å²) in [5.74, 6) is 1.83. The lowest BCUT2D eigenvalue weighted by Crippen LogP contribution is -2.15.